The third-order valence-electron chi connectivity index (χ3n) is 2.48. The zero-order valence-corrected chi connectivity index (χ0v) is 9.78. The van der Waals surface area contributed by atoms with Crippen LogP contribution in [0.2, 0.25) is 0 Å². The molecule has 0 aliphatic rings. The molecule has 2 rings (SSSR count). The van der Waals surface area contributed by atoms with Crippen molar-refractivity contribution in [1.82, 2.24) is 9.97 Å². The second-order valence-electron chi connectivity index (χ2n) is 3.92. The summed E-state index contributed by atoms with van der Waals surface area (Å²) in [5, 5.41) is 12.2. The molecule has 94 valence electrons. The lowest BCUT2D eigenvalue weighted by Crippen LogP contribution is -2.08. The molecular formula is C12H13N3O3. The van der Waals surface area contributed by atoms with Gasteiger partial charge in [0.15, 0.2) is 0 Å². The van der Waals surface area contributed by atoms with Crippen LogP contribution in [0.4, 0.5) is 5.69 Å². The summed E-state index contributed by atoms with van der Waals surface area (Å²) in [4.78, 5) is 26.8. The fraction of sp³-hybridized carbons (Fsp3) is 0.167. The molecule has 1 amide bonds. The molecule has 6 heteroatoms. The molecule has 18 heavy (non-hydrogen) atoms. The number of para-hydroxylation sites is 1. The Morgan fingerprint density at radius 1 is 1.33 bits per heavy atom. The van der Waals surface area contributed by atoms with Gasteiger partial charge in [0.1, 0.15) is 0 Å². The minimum Gasteiger partial charge on any atom is -0.493 e. The van der Waals surface area contributed by atoms with E-state index >= 15 is 0 Å². The number of rotatable bonds is 3. The maximum Gasteiger partial charge on any atom is 0.325 e. The normalized spacial score (nSPS) is 10.3. The Bertz CT molecular complexity index is 627. The van der Waals surface area contributed by atoms with Crippen molar-refractivity contribution in [3.63, 3.8) is 0 Å². The van der Waals surface area contributed by atoms with Crippen molar-refractivity contribution in [2.24, 2.45) is 0 Å². The fourth-order valence-corrected chi connectivity index (χ4v) is 1.71. The number of imidazole rings is 1. The first-order valence-corrected chi connectivity index (χ1v) is 5.42. The van der Waals surface area contributed by atoms with E-state index in [1.54, 1.807) is 12.1 Å². The molecule has 1 aromatic heterocycles. The summed E-state index contributed by atoms with van der Waals surface area (Å²) in [6.07, 6.45) is 0.320. The average molecular weight is 247 g/mol. The number of aromatic amines is 2. The Labute approximate surface area is 103 Å². The Morgan fingerprint density at radius 2 is 2.06 bits per heavy atom. The number of hydrogen-bond donors (Lipinski definition) is 4. The standard InChI is InChI=1S/C12H13N3O3/c1-7(16)13-9-5-3-2-4-8(9)6-10-11(17)15-12(18)14-10/h2-5,17H,6H2,1H3,(H,13,16)(H2,14,15,18). The minimum absolute atomic E-state index is 0.172. The van der Waals surface area contributed by atoms with Crippen LogP contribution in [0.3, 0.4) is 0 Å². The molecule has 0 fully saturated rings. The molecule has 0 unspecified atom stereocenters. The van der Waals surface area contributed by atoms with Crippen LogP contribution in [0.5, 0.6) is 5.88 Å². The van der Waals surface area contributed by atoms with E-state index in [1.807, 2.05) is 12.1 Å². The molecule has 0 saturated carbocycles. The Morgan fingerprint density at radius 3 is 2.67 bits per heavy atom. The predicted octanol–water partition coefficient (Wildman–Crippen LogP) is 0.958. The molecule has 0 bridgehead atoms. The second kappa shape index (κ2) is 4.79. The molecule has 1 heterocycles. The highest BCUT2D eigenvalue weighted by Crippen LogP contribution is 2.20. The highest BCUT2D eigenvalue weighted by atomic mass is 16.3. The SMILES string of the molecule is CC(=O)Nc1ccccc1Cc1[nH]c(=O)[nH]c1O. The van der Waals surface area contributed by atoms with E-state index < -0.39 is 5.69 Å². The predicted molar refractivity (Wildman–Crippen MR) is 66.6 cm³/mol. The van der Waals surface area contributed by atoms with Crippen LogP contribution >= 0.6 is 0 Å². The summed E-state index contributed by atoms with van der Waals surface area (Å²) in [6, 6.07) is 7.20. The largest absolute Gasteiger partial charge is 0.493 e. The highest BCUT2D eigenvalue weighted by Gasteiger charge is 2.09. The second-order valence-corrected chi connectivity index (χ2v) is 3.92. The first kappa shape index (κ1) is 12.0. The van der Waals surface area contributed by atoms with Crippen LogP contribution in [0.15, 0.2) is 29.1 Å². The molecule has 2 aromatic rings. The smallest absolute Gasteiger partial charge is 0.325 e. The Hall–Kier alpha value is -2.50. The topological polar surface area (TPSA) is 98.0 Å². The van der Waals surface area contributed by atoms with Gasteiger partial charge in [0.2, 0.25) is 11.8 Å². The summed E-state index contributed by atoms with van der Waals surface area (Å²) in [5.74, 6) is -0.355. The third-order valence-corrected chi connectivity index (χ3v) is 2.48. The van der Waals surface area contributed by atoms with Gasteiger partial charge in [0, 0.05) is 19.0 Å². The molecule has 0 saturated heterocycles. The van der Waals surface area contributed by atoms with Crippen molar-refractivity contribution in [3.8, 4) is 5.88 Å². The van der Waals surface area contributed by atoms with E-state index in [2.05, 4.69) is 15.3 Å². The van der Waals surface area contributed by atoms with Crippen LogP contribution in [-0.2, 0) is 11.2 Å². The Balaban J connectivity index is 2.31. The van der Waals surface area contributed by atoms with E-state index in [9.17, 15) is 14.7 Å². The lowest BCUT2D eigenvalue weighted by atomic mass is 10.1. The van der Waals surface area contributed by atoms with Gasteiger partial charge in [-0.05, 0) is 11.6 Å². The van der Waals surface area contributed by atoms with Gasteiger partial charge >= 0.3 is 5.69 Å². The molecule has 0 aliphatic carbocycles. The van der Waals surface area contributed by atoms with Gasteiger partial charge in [-0.15, -0.1) is 0 Å². The average Bonchev–Trinajstić information content (AvgIpc) is 2.59. The van der Waals surface area contributed by atoms with Crippen molar-refractivity contribution in [3.05, 3.63) is 46.0 Å². The van der Waals surface area contributed by atoms with Gasteiger partial charge in [0.05, 0.1) is 5.69 Å². The van der Waals surface area contributed by atoms with E-state index in [0.29, 0.717) is 17.8 Å². The fourth-order valence-electron chi connectivity index (χ4n) is 1.71. The van der Waals surface area contributed by atoms with Crippen molar-refractivity contribution in [1.29, 1.82) is 0 Å². The molecule has 0 atom stereocenters. The first-order chi connectivity index (χ1) is 8.56. The summed E-state index contributed by atoms with van der Waals surface area (Å²) in [7, 11) is 0. The first-order valence-electron chi connectivity index (χ1n) is 5.42. The third kappa shape index (κ3) is 2.60. The number of benzene rings is 1. The van der Waals surface area contributed by atoms with Gasteiger partial charge in [-0.25, -0.2) is 4.79 Å². The van der Waals surface area contributed by atoms with E-state index in [4.69, 9.17) is 0 Å². The maximum absolute atomic E-state index is 11.1. The summed E-state index contributed by atoms with van der Waals surface area (Å²) in [6.45, 7) is 1.42. The van der Waals surface area contributed by atoms with Crippen LogP contribution in [0, 0.1) is 0 Å². The van der Waals surface area contributed by atoms with Crippen LogP contribution < -0.4 is 11.0 Å². The molecular weight excluding hydrogens is 234 g/mol. The molecule has 0 radical (unpaired) electrons. The number of hydrogen-bond acceptors (Lipinski definition) is 3. The number of carbonyl (C=O) groups is 1. The minimum atomic E-state index is -0.459. The molecule has 1 aromatic carbocycles. The highest BCUT2D eigenvalue weighted by molar-refractivity contribution is 5.89. The van der Waals surface area contributed by atoms with Crippen molar-refractivity contribution in [2.45, 2.75) is 13.3 Å². The number of aromatic hydroxyl groups is 1. The monoisotopic (exact) mass is 247 g/mol. The van der Waals surface area contributed by atoms with Gasteiger partial charge < -0.3 is 15.4 Å². The van der Waals surface area contributed by atoms with Crippen LogP contribution in [0.1, 0.15) is 18.2 Å². The van der Waals surface area contributed by atoms with E-state index in [-0.39, 0.29) is 11.8 Å². The quantitative estimate of drug-likeness (QED) is 0.650. The number of aromatic nitrogens is 2. The molecule has 6 nitrogen and oxygen atoms in total. The van der Waals surface area contributed by atoms with Gasteiger partial charge in [-0.2, -0.15) is 0 Å². The van der Waals surface area contributed by atoms with Gasteiger partial charge in [-0.3, -0.25) is 9.78 Å². The molecule has 0 spiro atoms. The zero-order chi connectivity index (χ0) is 13.1. The van der Waals surface area contributed by atoms with Crippen molar-refractivity contribution >= 4 is 11.6 Å². The van der Waals surface area contributed by atoms with E-state index in [1.165, 1.54) is 6.92 Å². The number of nitrogens with one attached hydrogen (secondary N) is 3. The van der Waals surface area contributed by atoms with E-state index in [0.717, 1.165) is 5.56 Å². The van der Waals surface area contributed by atoms with Crippen LogP contribution in [0.25, 0.3) is 0 Å². The van der Waals surface area contributed by atoms with Crippen LogP contribution in [-0.4, -0.2) is 21.0 Å². The summed E-state index contributed by atoms with van der Waals surface area (Å²) in [5.41, 5.74) is 1.39. The lowest BCUT2D eigenvalue weighted by Gasteiger charge is -2.08. The lowest BCUT2D eigenvalue weighted by molar-refractivity contribution is -0.114. The molecule has 0 aliphatic heterocycles. The number of H-pyrrole nitrogens is 2. The Kier molecular flexibility index (Phi) is 3.18. The zero-order valence-electron chi connectivity index (χ0n) is 9.78. The maximum atomic E-state index is 11.1. The number of carbonyl (C=O) groups excluding carboxylic acids is 1. The number of anilines is 1. The van der Waals surface area contributed by atoms with Gasteiger partial charge in [0.25, 0.3) is 0 Å². The number of amides is 1. The van der Waals surface area contributed by atoms with Gasteiger partial charge in [-0.1, -0.05) is 18.2 Å². The summed E-state index contributed by atoms with van der Waals surface area (Å²) >= 11 is 0. The van der Waals surface area contributed by atoms with Crippen molar-refractivity contribution < 1.29 is 9.90 Å². The summed E-state index contributed by atoms with van der Waals surface area (Å²) < 4.78 is 0. The molecule has 4 N–H and O–H groups in total. The van der Waals surface area contributed by atoms with Crippen molar-refractivity contribution in [2.75, 3.05) is 5.32 Å².